The highest BCUT2D eigenvalue weighted by molar-refractivity contribution is 6.30. The fourth-order valence-corrected chi connectivity index (χ4v) is 2.18. The lowest BCUT2D eigenvalue weighted by Gasteiger charge is -2.05. The largest absolute Gasteiger partial charge is 0.452 e. The average Bonchev–Trinajstić information content (AvgIpc) is 3.27. The molecule has 1 N–H and O–H groups in total. The minimum Gasteiger partial charge on any atom is -0.452 e. The highest BCUT2D eigenvalue weighted by Crippen LogP contribution is 2.14. The fraction of sp³-hybridized carbons (Fsp3) is 0.118. The van der Waals surface area contributed by atoms with Crippen molar-refractivity contribution in [2.75, 3.05) is 11.9 Å². The molecule has 0 unspecified atom stereocenters. The molecule has 3 aromatic rings. The summed E-state index contributed by atoms with van der Waals surface area (Å²) in [4.78, 5) is 23.7. The number of carbonyl (C=O) groups excluding carboxylic acids is 2. The van der Waals surface area contributed by atoms with Crippen molar-refractivity contribution in [3.63, 3.8) is 0 Å². The Morgan fingerprint density at radius 1 is 1.20 bits per heavy atom. The predicted octanol–water partition coefficient (Wildman–Crippen LogP) is 2.97. The second-order valence-corrected chi connectivity index (χ2v) is 5.54. The zero-order valence-electron chi connectivity index (χ0n) is 13.0. The smallest absolute Gasteiger partial charge is 0.374 e. The summed E-state index contributed by atoms with van der Waals surface area (Å²) in [6.45, 7) is -0.0199. The minimum atomic E-state index is -0.710. The molecule has 0 aliphatic heterocycles. The van der Waals surface area contributed by atoms with Crippen LogP contribution in [0.5, 0.6) is 0 Å². The third-order valence-electron chi connectivity index (χ3n) is 3.20. The number of hydrogen-bond acceptors (Lipinski definition) is 5. The Labute approximate surface area is 148 Å². The molecule has 2 heterocycles. The molecule has 0 bridgehead atoms. The molecular formula is C17H14ClN3O4. The third kappa shape index (κ3) is 4.71. The van der Waals surface area contributed by atoms with Gasteiger partial charge in [-0.2, -0.15) is 5.10 Å². The molecule has 1 amide bonds. The van der Waals surface area contributed by atoms with Crippen LogP contribution in [0.25, 0.3) is 0 Å². The molecule has 25 heavy (non-hydrogen) atoms. The SMILES string of the molecule is O=C(COC(=O)c1ccc(Cn2cccn2)o1)Nc1ccc(Cl)cc1. The zero-order valence-corrected chi connectivity index (χ0v) is 13.8. The van der Waals surface area contributed by atoms with Gasteiger partial charge in [0.1, 0.15) is 5.76 Å². The number of nitrogens with one attached hydrogen (secondary N) is 1. The number of carbonyl (C=O) groups is 2. The number of nitrogens with zero attached hydrogens (tertiary/aromatic N) is 2. The average molecular weight is 360 g/mol. The highest BCUT2D eigenvalue weighted by atomic mass is 35.5. The van der Waals surface area contributed by atoms with E-state index in [1.807, 2.05) is 0 Å². The van der Waals surface area contributed by atoms with E-state index in [4.69, 9.17) is 20.8 Å². The minimum absolute atomic E-state index is 0.0291. The van der Waals surface area contributed by atoms with E-state index in [1.54, 1.807) is 53.5 Å². The van der Waals surface area contributed by atoms with Crippen molar-refractivity contribution in [1.82, 2.24) is 9.78 Å². The highest BCUT2D eigenvalue weighted by Gasteiger charge is 2.15. The van der Waals surface area contributed by atoms with Crippen LogP contribution in [0, 0.1) is 0 Å². The molecule has 0 aliphatic carbocycles. The molecule has 0 aliphatic rings. The monoisotopic (exact) mass is 359 g/mol. The van der Waals surface area contributed by atoms with Crippen molar-refractivity contribution in [3.05, 3.63) is 71.4 Å². The number of benzene rings is 1. The van der Waals surface area contributed by atoms with Crippen LogP contribution in [0.1, 0.15) is 16.3 Å². The van der Waals surface area contributed by atoms with Crippen molar-refractivity contribution in [2.24, 2.45) is 0 Å². The lowest BCUT2D eigenvalue weighted by molar-refractivity contribution is -0.119. The van der Waals surface area contributed by atoms with Gasteiger partial charge in [0.15, 0.2) is 6.61 Å². The quantitative estimate of drug-likeness (QED) is 0.684. The van der Waals surface area contributed by atoms with Crippen LogP contribution >= 0.6 is 11.6 Å². The summed E-state index contributed by atoms with van der Waals surface area (Å²) in [6.07, 6.45) is 3.43. The lowest BCUT2D eigenvalue weighted by atomic mass is 10.3. The Morgan fingerprint density at radius 2 is 2.00 bits per heavy atom. The Kier molecular flexibility index (Phi) is 5.15. The first-order chi connectivity index (χ1) is 12.1. The molecule has 0 spiro atoms. The van der Waals surface area contributed by atoms with Gasteiger partial charge in [0.05, 0.1) is 6.54 Å². The van der Waals surface area contributed by atoms with E-state index in [1.165, 1.54) is 6.07 Å². The number of hydrogen-bond donors (Lipinski definition) is 1. The predicted molar refractivity (Wildman–Crippen MR) is 90.4 cm³/mol. The fourth-order valence-electron chi connectivity index (χ4n) is 2.06. The van der Waals surface area contributed by atoms with Gasteiger partial charge in [0.2, 0.25) is 5.76 Å². The summed E-state index contributed by atoms with van der Waals surface area (Å²) >= 11 is 5.77. The van der Waals surface area contributed by atoms with Crippen LogP contribution < -0.4 is 5.32 Å². The van der Waals surface area contributed by atoms with Gasteiger partial charge in [0, 0.05) is 23.1 Å². The van der Waals surface area contributed by atoms with Gasteiger partial charge in [-0.25, -0.2) is 4.79 Å². The maximum absolute atomic E-state index is 11.9. The van der Waals surface area contributed by atoms with E-state index < -0.39 is 18.5 Å². The third-order valence-corrected chi connectivity index (χ3v) is 3.45. The van der Waals surface area contributed by atoms with Crippen LogP contribution in [0.15, 0.2) is 59.3 Å². The van der Waals surface area contributed by atoms with Gasteiger partial charge in [-0.05, 0) is 42.5 Å². The van der Waals surface area contributed by atoms with Gasteiger partial charge < -0.3 is 14.5 Å². The number of esters is 1. The molecule has 128 valence electrons. The zero-order chi connectivity index (χ0) is 17.6. The van der Waals surface area contributed by atoms with Crippen molar-refractivity contribution in [1.29, 1.82) is 0 Å². The van der Waals surface area contributed by atoms with Crippen LogP contribution in [0.2, 0.25) is 5.02 Å². The summed E-state index contributed by atoms with van der Waals surface area (Å²) in [7, 11) is 0. The summed E-state index contributed by atoms with van der Waals surface area (Å²) in [5.74, 6) is -0.584. The second-order valence-electron chi connectivity index (χ2n) is 5.10. The Balaban J connectivity index is 1.49. The number of halogens is 1. The van der Waals surface area contributed by atoms with Crippen LogP contribution in [0.3, 0.4) is 0 Å². The summed E-state index contributed by atoms with van der Waals surface area (Å²) in [5, 5.41) is 7.21. The van der Waals surface area contributed by atoms with E-state index in [2.05, 4.69) is 10.4 Å². The first-order valence-corrected chi connectivity index (χ1v) is 7.76. The summed E-state index contributed by atoms with van der Waals surface area (Å²) in [6, 6.07) is 11.5. The van der Waals surface area contributed by atoms with E-state index in [-0.39, 0.29) is 5.76 Å². The number of furan rings is 1. The Hall–Kier alpha value is -3.06. The molecule has 3 rings (SSSR count). The molecule has 0 radical (unpaired) electrons. The summed E-state index contributed by atoms with van der Waals surface area (Å²) < 4.78 is 12.0. The van der Waals surface area contributed by atoms with E-state index in [0.717, 1.165) is 0 Å². The number of aromatic nitrogens is 2. The topological polar surface area (TPSA) is 86.4 Å². The molecule has 7 nitrogen and oxygen atoms in total. The Bertz CT molecular complexity index is 856. The van der Waals surface area contributed by atoms with Gasteiger partial charge in [-0.3, -0.25) is 9.48 Å². The molecule has 0 fully saturated rings. The lowest BCUT2D eigenvalue weighted by Crippen LogP contribution is -2.20. The molecule has 0 atom stereocenters. The molecule has 8 heteroatoms. The maximum Gasteiger partial charge on any atom is 0.374 e. The first kappa shape index (κ1) is 16.8. The normalized spacial score (nSPS) is 10.4. The Morgan fingerprint density at radius 3 is 2.72 bits per heavy atom. The first-order valence-electron chi connectivity index (χ1n) is 7.39. The van der Waals surface area contributed by atoms with Crippen LogP contribution in [-0.2, 0) is 16.1 Å². The summed E-state index contributed by atoms with van der Waals surface area (Å²) in [5.41, 5.74) is 0.560. The number of ether oxygens (including phenoxy) is 1. The van der Waals surface area contributed by atoms with E-state index in [9.17, 15) is 9.59 Å². The van der Waals surface area contributed by atoms with Gasteiger partial charge in [0.25, 0.3) is 5.91 Å². The molecule has 0 saturated carbocycles. The van der Waals surface area contributed by atoms with Crippen molar-refractivity contribution < 1.29 is 18.7 Å². The van der Waals surface area contributed by atoms with Crippen molar-refractivity contribution in [2.45, 2.75) is 6.54 Å². The number of rotatable bonds is 6. The maximum atomic E-state index is 11.9. The van der Waals surface area contributed by atoms with Gasteiger partial charge in [-0.1, -0.05) is 11.6 Å². The molecular weight excluding hydrogens is 346 g/mol. The van der Waals surface area contributed by atoms with E-state index >= 15 is 0 Å². The van der Waals surface area contributed by atoms with Crippen molar-refractivity contribution in [3.8, 4) is 0 Å². The molecule has 2 aromatic heterocycles. The van der Waals surface area contributed by atoms with Gasteiger partial charge >= 0.3 is 5.97 Å². The molecule has 1 aromatic carbocycles. The number of amides is 1. The van der Waals surface area contributed by atoms with E-state index in [0.29, 0.717) is 23.0 Å². The van der Waals surface area contributed by atoms with Gasteiger partial charge in [-0.15, -0.1) is 0 Å². The van der Waals surface area contributed by atoms with Crippen LogP contribution in [0.4, 0.5) is 5.69 Å². The molecule has 0 saturated heterocycles. The second kappa shape index (κ2) is 7.67. The number of anilines is 1. The standard InChI is InChI=1S/C17H14ClN3O4/c18-12-2-4-13(5-3-12)20-16(22)11-24-17(23)15-7-6-14(25-15)10-21-9-1-8-19-21/h1-9H,10-11H2,(H,20,22). The van der Waals surface area contributed by atoms with Crippen molar-refractivity contribution >= 4 is 29.2 Å². The van der Waals surface area contributed by atoms with Crippen LogP contribution in [-0.4, -0.2) is 28.3 Å².